The molecule has 1 aliphatic heterocycles. The zero-order valence-electron chi connectivity index (χ0n) is 14.9. The molecule has 3 rings (SSSR count). The van der Waals surface area contributed by atoms with Crippen LogP contribution in [0.4, 0.5) is 0 Å². The van der Waals surface area contributed by atoms with E-state index < -0.39 is 5.97 Å². The summed E-state index contributed by atoms with van der Waals surface area (Å²) >= 11 is 0. The van der Waals surface area contributed by atoms with Crippen LogP contribution in [0.15, 0.2) is 42.7 Å². The highest BCUT2D eigenvalue weighted by molar-refractivity contribution is 5.96. The molecule has 1 amide bonds. The fourth-order valence-corrected chi connectivity index (χ4v) is 3.37. The van der Waals surface area contributed by atoms with Gasteiger partial charge in [0.2, 0.25) is 0 Å². The lowest BCUT2D eigenvalue weighted by Gasteiger charge is -2.36. The highest BCUT2D eigenvalue weighted by Gasteiger charge is 2.29. The van der Waals surface area contributed by atoms with Crippen LogP contribution < -0.4 is 0 Å². The third-order valence-corrected chi connectivity index (χ3v) is 4.77. The van der Waals surface area contributed by atoms with E-state index >= 15 is 0 Å². The average Bonchev–Trinajstić information content (AvgIpc) is 3.13. The first-order valence-electron chi connectivity index (χ1n) is 8.80. The Kier molecular flexibility index (Phi) is 5.68. The number of hydrogen-bond acceptors (Lipinski definition) is 4. The number of likely N-dealkylation sites (tertiary alicyclic amines) is 1. The molecule has 0 bridgehead atoms. The normalized spacial score (nSPS) is 15.7. The van der Waals surface area contributed by atoms with Crippen molar-refractivity contribution in [1.82, 2.24) is 19.6 Å². The van der Waals surface area contributed by atoms with E-state index in [9.17, 15) is 14.7 Å². The summed E-state index contributed by atoms with van der Waals surface area (Å²) in [6.45, 7) is 2.04. The molecule has 138 valence electrons. The second-order valence-electron chi connectivity index (χ2n) is 6.77. The highest BCUT2D eigenvalue weighted by Crippen LogP contribution is 2.19. The second-order valence-corrected chi connectivity index (χ2v) is 6.77. The maximum Gasteiger partial charge on any atom is 0.323 e. The van der Waals surface area contributed by atoms with Crippen LogP contribution in [0.25, 0.3) is 0 Å². The lowest BCUT2D eigenvalue weighted by Crippen LogP contribution is -2.48. The molecule has 1 saturated heterocycles. The Bertz CT molecular complexity index is 752. The Morgan fingerprint density at radius 2 is 2.04 bits per heavy atom. The zero-order valence-corrected chi connectivity index (χ0v) is 14.9. The summed E-state index contributed by atoms with van der Waals surface area (Å²) < 4.78 is 1.79. The van der Waals surface area contributed by atoms with Crippen molar-refractivity contribution in [2.45, 2.75) is 25.4 Å². The van der Waals surface area contributed by atoms with E-state index in [1.807, 2.05) is 37.5 Å². The van der Waals surface area contributed by atoms with Crippen LogP contribution in [0.2, 0.25) is 0 Å². The van der Waals surface area contributed by atoms with Gasteiger partial charge in [0.25, 0.3) is 5.91 Å². The molecule has 26 heavy (non-hydrogen) atoms. The van der Waals surface area contributed by atoms with E-state index in [1.165, 1.54) is 4.90 Å². The average molecular weight is 356 g/mol. The van der Waals surface area contributed by atoms with Crippen molar-refractivity contribution in [1.29, 1.82) is 0 Å². The monoisotopic (exact) mass is 356 g/mol. The van der Waals surface area contributed by atoms with Crippen LogP contribution in [-0.2, 0) is 11.3 Å². The van der Waals surface area contributed by atoms with Gasteiger partial charge in [-0.25, -0.2) is 0 Å². The Balaban J connectivity index is 1.78. The van der Waals surface area contributed by atoms with Gasteiger partial charge in [0, 0.05) is 24.0 Å². The summed E-state index contributed by atoms with van der Waals surface area (Å²) in [6, 6.07) is 9.16. The molecule has 7 nitrogen and oxygen atoms in total. The number of amides is 1. The summed E-state index contributed by atoms with van der Waals surface area (Å²) in [5.74, 6) is -1.20. The summed E-state index contributed by atoms with van der Waals surface area (Å²) in [5.41, 5.74) is 1.48. The number of nitrogens with zero attached hydrogens (tertiary/aromatic N) is 4. The van der Waals surface area contributed by atoms with E-state index in [0.717, 1.165) is 31.5 Å². The summed E-state index contributed by atoms with van der Waals surface area (Å²) in [6.07, 6.45) is 5.17. The number of piperidine rings is 1. The topological polar surface area (TPSA) is 78.7 Å². The molecule has 1 aliphatic rings. The zero-order chi connectivity index (χ0) is 18.5. The number of aromatic nitrogens is 2. The van der Waals surface area contributed by atoms with Gasteiger partial charge in [-0.15, -0.1) is 0 Å². The van der Waals surface area contributed by atoms with Gasteiger partial charge in [0.05, 0.1) is 6.54 Å². The maximum atomic E-state index is 13.0. The van der Waals surface area contributed by atoms with Gasteiger partial charge in [-0.3, -0.25) is 14.3 Å². The molecule has 2 heterocycles. The number of hydrogen-bond donors (Lipinski definition) is 1. The van der Waals surface area contributed by atoms with Crippen molar-refractivity contribution in [3.8, 4) is 0 Å². The van der Waals surface area contributed by atoms with Crippen molar-refractivity contribution >= 4 is 11.9 Å². The van der Waals surface area contributed by atoms with Crippen LogP contribution in [0.3, 0.4) is 0 Å². The fraction of sp³-hybridized carbons (Fsp3) is 0.421. The third kappa shape index (κ3) is 4.49. The van der Waals surface area contributed by atoms with Gasteiger partial charge in [0.15, 0.2) is 0 Å². The quantitative estimate of drug-likeness (QED) is 0.850. The van der Waals surface area contributed by atoms with E-state index in [2.05, 4.69) is 10.00 Å². The van der Waals surface area contributed by atoms with Crippen molar-refractivity contribution in [3.63, 3.8) is 0 Å². The van der Waals surface area contributed by atoms with Gasteiger partial charge in [0.1, 0.15) is 6.54 Å². The first kappa shape index (κ1) is 18.1. The summed E-state index contributed by atoms with van der Waals surface area (Å²) in [4.78, 5) is 28.1. The number of carboxylic acid groups (broad SMARTS) is 1. The molecular formula is C19H24N4O3. The molecule has 0 spiro atoms. The van der Waals surface area contributed by atoms with Crippen LogP contribution in [-0.4, -0.2) is 69.3 Å². The third-order valence-electron chi connectivity index (χ3n) is 4.77. The molecule has 1 aromatic carbocycles. The van der Waals surface area contributed by atoms with Crippen molar-refractivity contribution in [2.75, 3.05) is 26.7 Å². The smallest absolute Gasteiger partial charge is 0.323 e. The van der Waals surface area contributed by atoms with Gasteiger partial charge in [-0.05, 0) is 56.7 Å². The predicted molar refractivity (Wildman–Crippen MR) is 97.0 cm³/mol. The minimum Gasteiger partial charge on any atom is -0.480 e. The molecule has 1 fully saturated rings. The summed E-state index contributed by atoms with van der Waals surface area (Å²) in [7, 11) is 2.04. The molecule has 0 saturated carbocycles. The van der Waals surface area contributed by atoms with Gasteiger partial charge >= 0.3 is 5.97 Å². The number of rotatable bonds is 6. The molecule has 0 radical (unpaired) electrons. The molecule has 1 N–H and O–H groups in total. The van der Waals surface area contributed by atoms with E-state index in [0.29, 0.717) is 12.1 Å². The van der Waals surface area contributed by atoms with E-state index in [-0.39, 0.29) is 18.5 Å². The lowest BCUT2D eigenvalue weighted by atomic mass is 10.0. The highest BCUT2D eigenvalue weighted by atomic mass is 16.4. The number of benzene rings is 1. The number of aliphatic carboxylic acids is 1. The van der Waals surface area contributed by atoms with Crippen LogP contribution in [0.5, 0.6) is 0 Å². The van der Waals surface area contributed by atoms with Gasteiger partial charge in [-0.1, -0.05) is 12.1 Å². The first-order chi connectivity index (χ1) is 12.5. The largest absolute Gasteiger partial charge is 0.480 e. The Hall–Kier alpha value is -2.67. The number of carbonyl (C=O) groups excluding carboxylic acids is 1. The molecule has 2 aromatic rings. The molecule has 0 aliphatic carbocycles. The van der Waals surface area contributed by atoms with E-state index in [1.54, 1.807) is 16.9 Å². The fourth-order valence-electron chi connectivity index (χ4n) is 3.37. The lowest BCUT2D eigenvalue weighted by molar-refractivity contribution is -0.138. The van der Waals surface area contributed by atoms with Crippen molar-refractivity contribution < 1.29 is 14.7 Å². The minimum atomic E-state index is -0.982. The number of carbonyl (C=O) groups is 2. The van der Waals surface area contributed by atoms with Crippen LogP contribution in [0.1, 0.15) is 28.8 Å². The predicted octanol–water partition coefficient (Wildman–Crippen LogP) is 1.55. The minimum absolute atomic E-state index is 0.0374. The Labute approximate surface area is 152 Å². The molecule has 0 atom stereocenters. The number of carboxylic acids is 1. The SMILES string of the molecule is CN1CCC(N(CC(=O)O)C(=O)c2cccc(Cn3cccn3)c2)CC1. The van der Waals surface area contributed by atoms with Crippen molar-refractivity contribution in [3.05, 3.63) is 53.9 Å². The molecule has 1 aromatic heterocycles. The van der Waals surface area contributed by atoms with Gasteiger partial charge in [-0.2, -0.15) is 5.10 Å². The summed E-state index contributed by atoms with van der Waals surface area (Å²) in [5, 5.41) is 13.5. The Morgan fingerprint density at radius 3 is 2.69 bits per heavy atom. The molecular weight excluding hydrogens is 332 g/mol. The van der Waals surface area contributed by atoms with Crippen molar-refractivity contribution in [2.24, 2.45) is 0 Å². The standard InChI is InChI=1S/C19H24N4O3/c1-21-10-6-17(7-11-21)23(14-18(24)25)19(26)16-5-2-4-15(12-16)13-22-9-3-8-20-22/h2-5,8-9,12,17H,6-7,10-11,13-14H2,1H3,(H,24,25). The van der Waals surface area contributed by atoms with E-state index in [4.69, 9.17) is 0 Å². The maximum absolute atomic E-state index is 13.0. The van der Waals surface area contributed by atoms with Crippen LogP contribution >= 0.6 is 0 Å². The van der Waals surface area contributed by atoms with Crippen LogP contribution in [0, 0.1) is 0 Å². The first-order valence-corrected chi connectivity index (χ1v) is 8.80. The molecule has 7 heteroatoms. The molecule has 0 unspecified atom stereocenters. The van der Waals surface area contributed by atoms with Gasteiger partial charge < -0.3 is 14.9 Å². The second kappa shape index (κ2) is 8.14. The Morgan fingerprint density at radius 1 is 1.27 bits per heavy atom.